The number of aryl methyl sites for hydroxylation is 2. The third-order valence-electron chi connectivity index (χ3n) is 3.05. The summed E-state index contributed by atoms with van der Waals surface area (Å²) in [6.07, 6.45) is 5.81. The molecule has 0 aliphatic heterocycles. The number of nitrogens with one attached hydrogen (secondary N) is 1. The molecule has 0 amide bonds. The Labute approximate surface area is 105 Å². The fourth-order valence-electron chi connectivity index (χ4n) is 1.84. The predicted molar refractivity (Wildman–Crippen MR) is 70.1 cm³/mol. The Balaban J connectivity index is 1.49. The molecule has 1 aliphatic rings. The fraction of sp³-hybridized carbons (Fsp3) is 0.462. The second kappa shape index (κ2) is 5.02. The van der Waals surface area contributed by atoms with Crippen LogP contribution in [-0.4, -0.2) is 15.8 Å². The van der Waals surface area contributed by atoms with Gasteiger partial charge in [-0.05, 0) is 47.7 Å². The first-order valence-electron chi connectivity index (χ1n) is 6.17. The van der Waals surface area contributed by atoms with Gasteiger partial charge < -0.3 is 5.32 Å². The van der Waals surface area contributed by atoms with Gasteiger partial charge in [-0.15, -0.1) is 0 Å². The highest BCUT2D eigenvalue weighted by molar-refractivity contribution is 7.07. The standard InChI is InChI=1S/C13H17N3S/c1-2-12(1)14-9-13-4-7-16(15-13)6-3-11-5-8-17-10-11/h4-5,7-8,10,12,14H,1-3,6,9H2. The highest BCUT2D eigenvalue weighted by atomic mass is 32.1. The summed E-state index contributed by atoms with van der Waals surface area (Å²) in [5.41, 5.74) is 2.56. The Kier molecular flexibility index (Phi) is 3.25. The quantitative estimate of drug-likeness (QED) is 0.849. The van der Waals surface area contributed by atoms with E-state index in [4.69, 9.17) is 0 Å². The van der Waals surface area contributed by atoms with Crippen LogP contribution in [0.25, 0.3) is 0 Å². The van der Waals surface area contributed by atoms with Gasteiger partial charge in [-0.25, -0.2) is 0 Å². The van der Waals surface area contributed by atoms with Crippen LogP contribution in [0.5, 0.6) is 0 Å². The SMILES string of the molecule is c1cc(CCn2ccc(CNC3CC3)n2)cs1. The minimum atomic E-state index is 0.756. The summed E-state index contributed by atoms with van der Waals surface area (Å²) in [5.74, 6) is 0. The molecule has 0 aromatic carbocycles. The predicted octanol–water partition coefficient (Wildman–Crippen LogP) is 2.44. The number of hydrogen-bond acceptors (Lipinski definition) is 3. The Hall–Kier alpha value is -1.13. The van der Waals surface area contributed by atoms with E-state index in [1.807, 2.05) is 4.68 Å². The van der Waals surface area contributed by atoms with Crippen LogP contribution in [0.4, 0.5) is 0 Å². The monoisotopic (exact) mass is 247 g/mol. The summed E-state index contributed by atoms with van der Waals surface area (Å²) in [6.45, 7) is 1.89. The van der Waals surface area contributed by atoms with Crippen LogP contribution in [0, 0.1) is 0 Å². The molecule has 0 radical (unpaired) electrons. The summed E-state index contributed by atoms with van der Waals surface area (Å²) in [6, 6.07) is 5.05. The van der Waals surface area contributed by atoms with Crippen molar-refractivity contribution in [3.63, 3.8) is 0 Å². The zero-order valence-corrected chi connectivity index (χ0v) is 10.6. The molecule has 1 N–H and O–H groups in total. The molecule has 0 unspecified atom stereocenters. The molecule has 1 saturated carbocycles. The van der Waals surface area contributed by atoms with Crippen LogP contribution >= 0.6 is 11.3 Å². The molecule has 0 atom stereocenters. The van der Waals surface area contributed by atoms with E-state index >= 15 is 0 Å². The molecule has 90 valence electrons. The normalized spacial score (nSPS) is 15.3. The summed E-state index contributed by atoms with van der Waals surface area (Å²) in [7, 11) is 0. The van der Waals surface area contributed by atoms with E-state index < -0.39 is 0 Å². The highest BCUT2D eigenvalue weighted by Gasteiger charge is 2.20. The second-order valence-corrected chi connectivity index (χ2v) is 5.39. The molecule has 3 nitrogen and oxygen atoms in total. The van der Waals surface area contributed by atoms with E-state index in [2.05, 4.69) is 39.5 Å². The number of thiophene rings is 1. The molecule has 2 heterocycles. The lowest BCUT2D eigenvalue weighted by molar-refractivity contribution is 0.591. The molecule has 2 aromatic heterocycles. The lowest BCUT2D eigenvalue weighted by Crippen LogP contribution is -2.16. The van der Waals surface area contributed by atoms with Gasteiger partial charge in [-0.2, -0.15) is 16.4 Å². The first kappa shape index (κ1) is 11.0. The number of nitrogens with zero attached hydrogens (tertiary/aromatic N) is 2. The molecule has 0 bridgehead atoms. The van der Waals surface area contributed by atoms with E-state index in [0.717, 1.165) is 31.2 Å². The topological polar surface area (TPSA) is 29.9 Å². The largest absolute Gasteiger partial charge is 0.308 e. The smallest absolute Gasteiger partial charge is 0.0762 e. The third-order valence-corrected chi connectivity index (χ3v) is 3.79. The zero-order valence-electron chi connectivity index (χ0n) is 9.80. The van der Waals surface area contributed by atoms with Gasteiger partial charge in [-0.3, -0.25) is 4.68 Å². The van der Waals surface area contributed by atoms with Crippen LogP contribution in [-0.2, 0) is 19.5 Å². The van der Waals surface area contributed by atoms with Crippen molar-refractivity contribution in [1.29, 1.82) is 0 Å². The molecule has 1 fully saturated rings. The Morgan fingerprint density at radius 1 is 1.41 bits per heavy atom. The van der Waals surface area contributed by atoms with Crippen molar-refractivity contribution >= 4 is 11.3 Å². The summed E-state index contributed by atoms with van der Waals surface area (Å²) in [4.78, 5) is 0. The number of rotatable bonds is 6. The van der Waals surface area contributed by atoms with Crippen molar-refractivity contribution < 1.29 is 0 Å². The van der Waals surface area contributed by atoms with Crippen molar-refractivity contribution in [3.8, 4) is 0 Å². The molecule has 1 aliphatic carbocycles. The zero-order chi connectivity index (χ0) is 11.5. The van der Waals surface area contributed by atoms with Gasteiger partial charge >= 0.3 is 0 Å². The first-order valence-corrected chi connectivity index (χ1v) is 7.11. The summed E-state index contributed by atoms with van der Waals surface area (Å²) in [5, 5.41) is 12.4. The third kappa shape index (κ3) is 3.17. The van der Waals surface area contributed by atoms with Crippen molar-refractivity contribution in [1.82, 2.24) is 15.1 Å². The van der Waals surface area contributed by atoms with Gasteiger partial charge in [0.05, 0.1) is 5.69 Å². The lowest BCUT2D eigenvalue weighted by atomic mass is 10.2. The van der Waals surface area contributed by atoms with Crippen molar-refractivity contribution in [2.45, 2.75) is 38.4 Å². The molecular formula is C13H17N3S. The van der Waals surface area contributed by atoms with Crippen molar-refractivity contribution in [2.24, 2.45) is 0 Å². The minimum Gasteiger partial charge on any atom is -0.308 e. The van der Waals surface area contributed by atoms with Crippen LogP contribution < -0.4 is 5.32 Å². The maximum absolute atomic E-state index is 4.57. The molecular weight excluding hydrogens is 230 g/mol. The molecule has 2 aromatic rings. The molecule has 4 heteroatoms. The lowest BCUT2D eigenvalue weighted by Gasteiger charge is -2.00. The average molecular weight is 247 g/mol. The highest BCUT2D eigenvalue weighted by Crippen LogP contribution is 2.19. The van der Waals surface area contributed by atoms with Gasteiger partial charge in [-0.1, -0.05) is 0 Å². The van der Waals surface area contributed by atoms with Crippen molar-refractivity contribution in [2.75, 3.05) is 0 Å². The summed E-state index contributed by atoms with van der Waals surface area (Å²) >= 11 is 1.76. The maximum Gasteiger partial charge on any atom is 0.0762 e. The van der Waals surface area contributed by atoms with Gasteiger partial charge in [0.2, 0.25) is 0 Å². The van der Waals surface area contributed by atoms with Crippen LogP contribution in [0.15, 0.2) is 29.1 Å². The number of aromatic nitrogens is 2. The van der Waals surface area contributed by atoms with Gasteiger partial charge in [0.15, 0.2) is 0 Å². The summed E-state index contributed by atoms with van der Waals surface area (Å²) < 4.78 is 2.04. The van der Waals surface area contributed by atoms with E-state index in [1.165, 1.54) is 18.4 Å². The Morgan fingerprint density at radius 3 is 3.12 bits per heavy atom. The van der Waals surface area contributed by atoms with E-state index in [9.17, 15) is 0 Å². The average Bonchev–Trinajstić information content (AvgIpc) is 2.86. The van der Waals surface area contributed by atoms with Gasteiger partial charge in [0.1, 0.15) is 0 Å². The van der Waals surface area contributed by atoms with Gasteiger partial charge in [0, 0.05) is 25.3 Å². The Morgan fingerprint density at radius 2 is 2.35 bits per heavy atom. The van der Waals surface area contributed by atoms with Gasteiger partial charge in [0.25, 0.3) is 0 Å². The second-order valence-electron chi connectivity index (χ2n) is 4.61. The minimum absolute atomic E-state index is 0.756. The van der Waals surface area contributed by atoms with E-state index in [-0.39, 0.29) is 0 Å². The Bertz CT molecular complexity index is 457. The maximum atomic E-state index is 4.57. The van der Waals surface area contributed by atoms with E-state index in [1.54, 1.807) is 11.3 Å². The first-order chi connectivity index (χ1) is 8.40. The van der Waals surface area contributed by atoms with Crippen molar-refractivity contribution in [3.05, 3.63) is 40.3 Å². The van der Waals surface area contributed by atoms with E-state index in [0.29, 0.717) is 0 Å². The molecule has 0 spiro atoms. The number of hydrogen-bond donors (Lipinski definition) is 1. The van der Waals surface area contributed by atoms with Crippen LogP contribution in [0.1, 0.15) is 24.1 Å². The molecule has 17 heavy (non-hydrogen) atoms. The van der Waals surface area contributed by atoms with Crippen LogP contribution in [0.3, 0.4) is 0 Å². The molecule has 0 saturated heterocycles. The molecule has 3 rings (SSSR count). The fourth-order valence-corrected chi connectivity index (χ4v) is 2.54. The van der Waals surface area contributed by atoms with Crippen LogP contribution in [0.2, 0.25) is 0 Å².